The molecule has 0 saturated heterocycles. The van der Waals surface area contributed by atoms with Gasteiger partial charge in [-0.3, -0.25) is 4.79 Å². The molecule has 0 aliphatic heterocycles. The number of nitrogens with zero attached hydrogens (tertiary/aromatic N) is 4. The fourth-order valence-electron chi connectivity index (χ4n) is 2.25. The molecular formula is C16H16BrN5OS. The highest BCUT2D eigenvalue weighted by molar-refractivity contribution is 9.10. The minimum Gasteiger partial charge on any atom is -0.350 e. The molecule has 3 aromatic heterocycles. The number of thiophene rings is 1. The Hall–Kier alpha value is -2.06. The van der Waals surface area contributed by atoms with Gasteiger partial charge in [-0.2, -0.15) is 0 Å². The van der Waals surface area contributed by atoms with Crippen LogP contribution in [0, 0.1) is 0 Å². The van der Waals surface area contributed by atoms with Crippen LogP contribution in [0.3, 0.4) is 0 Å². The van der Waals surface area contributed by atoms with Crippen LogP contribution in [-0.4, -0.2) is 34.5 Å². The van der Waals surface area contributed by atoms with Crippen molar-refractivity contribution in [2.75, 3.05) is 23.8 Å². The number of fused-ring (bicyclic) bond motifs is 1. The van der Waals surface area contributed by atoms with Gasteiger partial charge in [0.25, 0.3) is 0 Å². The molecule has 8 heteroatoms. The van der Waals surface area contributed by atoms with Gasteiger partial charge in [0.15, 0.2) is 0 Å². The van der Waals surface area contributed by atoms with Crippen LogP contribution in [0.15, 0.2) is 34.2 Å². The third kappa shape index (κ3) is 3.70. The molecule has 1 N–H and O–H groups in total. The summed E-state index contributed by atoms with van der Waals surface area (Å²) in [6, 6.07) is 5.57. The smallest absolute Gasteiger partial charge is 0.245 e. The maximum Gasteiger partial charge on any atom is 0.245 e. The van der Waals surface area contributed by atoms with Crippen LogP contribution >= 0.6 is 27.3 Å². The second-order valence-corrected chi connectivity index (χ2v) is 7.03. The van der Waals surface area contributed by atoms with Crippen molar-refractivity contribution < 1.29 is 4.79 Å². The van der Waals surface area contributed by atoms with Crippen molar-refractivity contribution in [1.82, 2.24) is 15.0 Å². The Balaban J connectivity index is 1.76. The molecule has 24 heavy (non-hydrogen) atoms. The maximum atomic E-state index is 12.3. The molecule has 0 atom stereocenters. The number of carbonyl (C=O) groups is 1. The topological polar surface area (TPSA) is 71.0 Å². The minimum absolute atomic E-state index is 0.146. The molecule has 3 heterocycles. The summed E-state index contributed by atoms with van der Waals surface area (Å²) in [5.41, 5.74) is 0. The fraction of sp³-hybridized carbons (Fsp3) is 0.250. The largest absolute Gasteiger partial charge is 0.350 e. The van der Waals surface area contributed by atoms with Crippen molar-refractivity contribution in [2.45, 2.75) is 13.3 Å². The molecule has 0 fully saturated rings. The second kappa shape index (κ2) is 7.23. The zero-order valence-corrected chi connectivity index (χ0v) is 15.7. The van der Waals surface area contributed by atoms with E-state index in [-0.39, 0.29) is 12.5 Å². The zero-order chi connectivity index (χ0) is 17.1. The van der Waals surface area contributed by atoms with Gasteiger partial charge in [-0.25, -0.2) is 15.0 Å². The zero-order valence-electron chi connectivity index (χ0n) is 13.3. The molecule has 0 bridgehead atoms. The molecule has 0 aliphatic carbocycles. The van der Waals surface area contributed by atoms with Crippen LogP contribution in [0.5, 0.6) is 0 Å². The normalized spacial score (nSPS) is 10.8. The number of aryl methyl sites for hydroxylation is 1. The van der Waals surface area contributed by atoms with E-state index >= 15 is 0 Å². The summed E-state index contributed by atoms with van der Waals surface area (Å²) < 4.78 is 0.866. The molecule has 0 spiro atoms. The highest BCUT2D eigenvalue weighted by Gasteiger charge is 2.15. The lowest BCUT2D eigenvalue weighted by molar-refractivity contribution is -0.114. The third-order valence-electron chi connectivity index (χ3n) is 3.40. The van der Waals surface area contributed by atoms with Crippen LogP contribution in [0.2, 0.25) is 0 Å². The van der Waals surface area contributed by atoms with E-state index in [0.717, 1.165) is 32.8 Å². The van der Waals surface area contributed by atoms with Gasteiger partial charge in [-0.05, 0) is 39.5 Å². The number of aromatic nitrogens is 3. The van der Waals surface area contributed by atoms with E-state index in [0.29, 0.717) is 5.82 Å². The van der Waals surface area contributed by atoms with Crippen molar-refractivity contribution in [1.29, 1.82) is 0 Å². The molecule has 3 rings (SSSR count). The monoisotopic (exact) mass is 405 g/mol. The molecule has 6 nitrogen and oxygen atoms in total. The Bertz CT molecular complexity index is 865. The number of halogens is 1. The highest BCUT2D eigenvalue weighted by Crippen LogP contribution is 2.27. The van der Waals surface area contributed by atoms with Crippen LogP contribution in [0.1, 0.15) is 12.7 Å². The number of pyridine rings is 1. The Kier molecular flexibility index (Phi) is 5.06. The van der Waals surface area contributed by atoms with Gasteiger partial charge in [0.2, 0.25) is 5.91 Å². The molecular weight excluding hydrogens is 390 g/mol. The molecule has 0 saturated carbocycles. The molecule has 124 valence electrons. The van der Waals surface area contributed by atoms with E-state index in [9.17, 15) is 4.79 Å². The molecule has 1 amide bonds. The highest BCUT2D eigenvalue weighted by atomic mass is 79.9. The number of rotatable bonds is 5. The van der Waals surface area contributed by atoms with Gasteiger partial charge in [-0.1, -0.05) is 6.92 Å². The minimum atomic E-state index is -0.146. The summed E-state index contributed by atoms with van der Waals surface area (Å²) in [6.45, 7) is 2.20. The molecule has 0 aromatic carbocycles. The lowest BCUT2D eigenvalue weighted by Crippen LogP contribution is -2.31. The Labute approximate surface area is 152 Å². The Morgan fingerprint density at radius 2 is 2.17 bits per heavy atom. The SMILES string of the molecule is CCc1nc(N(C)CC(=O)Nc2ccc(Br)cn2)c2ccsc2n1. The van der Waals surface area contributed by atoms with Crippen molar-refractivity contribution in [2.24, 2.45) is 0 Å². The predicted molar refractivity (Wildman–Crippen MR) is 101 cm³/mol. The number of amides is 1. The second-order valence-electron chi connectivity index (χ2n) is 5.22. The van der Waals surface area contributed by atoms with Gasteiger partial charge < -0.3 is 10.2 Å². The van der Waals surface area contributed by atoms with Gasteiger partial charge in [-0.15, -0.1) is 11.3 Å². The quantitative estimate of drug-likeness (QED) is 0.703. The Morgan fingerprint density at radius 3 is 2.88 bits per heavy atom. The maximum absolute atomic E-state index is 12.3. The fourth-order valence-corrected chi connectivity index (χ4v) is 3.27. The first-order chi connectivity index (χ1) is 11.6. The van der Waals surface area contributed by atoms with E-state index in [1.807, 2.05) is 36.4 Å². The standard InChI is InChI=1S/C16H16BrN5OS/c1-3-12-20-15(11-6-7-24-16(11)21-12)22(2)9-14(23)19-13-5-4-10(17)8-18-13/h4-8H,3,9H2,1-2H3,(H,18,19,23). The molecule has 0 unspecified atom stereocenters. The van der Waals surface area contributed by atoms with E-state index in [1.54, 1.807) is 23.6 Å². The number of nitrogens with one attached hydrogen (secondary N) is 1. The van der Waals surface area contributed by atoms with Crippen LogP contribution in [0.25, 0.3) is 10.2 Å². The average Bonchev–Trinajstić information content (AvgIpc) is 3.04. The lowest BCUT2D eigenvalue weighted by Gasteiger charge is -2.19. The van der Waals surface area contributed by atoms with Crippen molar-refractivity contribution in [3.05, 3.63) is 40.1 Å². The van der Waals surface area contributed by atoms with Gasteiger partial charge >= 0.3 is 0 Å². The van der Waals surface area contributed by atoms with E-state index in [2.05, 4.69) is 36.2 Å². The number of anilines is 2. The summed E-state index contributed by atoms with van der Waals surface area (Å²) in [5, 5.41) is 5.74. The summed E-state index contributed by atoms with van der Waals surface area (Å²) >= 11 is 4.90. The van der Waals surface area contributed by atoms with E-state index in [4.69, 9.17) is 0 Å². The first kappa shape index (κ1) is 16.8. The first-order valence-electron chi connectivity index (χ1n) is 7.43. The van der Waals surface area contributed by atoms with E-state index in [1.165, 1.54) is 0 Å². The number of hydrogen-bond acceptors (Lipinski definition) is 6. The number of hydrogen-bond donors (Lipinski definition) is 1. The van der Waals surface area contributed by atoms with Gasteiger partial charge in [0.1, 0.15) is 22.3 Å². The van der Waals surface area contributed by atoms with Crippen LogP contribution in [0.4, 0.5) is 11.6 Å². The summed E-state index contributed by atoms with van der Waals surface area (Å²) in [7, 11) is 1.85. The lowest BCUT2D eigenvalue weighted by atomic mass is 10.3. The molecule has 3 aromatic rings. The summed E-state index contributed by atoms with van der Waals surface area (Å²) in [6.07, 6.45) is 2.40. The summed E-state index contributed by atoms with van der Waals surface area (Å²) in [4.78, 5) is 28.3. The van der Waals surface area contributed by atoms with Crippen LogP contribution < -0.4 is 10.2 Å². The molecule has 0 aliphatic rings. The third-order valence-corrected chi connectivity index (χ3v) is 4.68. The average molecular weight is 406 g/mol. The van der Waals surface area contributed by atoms with Gasteiger partial charge in [0, 0.05) is 24.1 Å². The summed E-state index contributed by atoms with van der Waals surface area (Å²) in [5.74, 6) is 1.93. The number of carbonyl (C=O) groups excluding carboxylic acids is 1. The Morgan fingerprint density at radius 1 is 1.33 bits per heavy atom. The van der Waals surface area contributed by atoms with Crippen molar-refractivity contribution >= 4 is 55.0 Å². The van der Waals surface area contributed by atoms with E-state index < -0.39 is 0 Å². The predicted octanol–water partition coefficient (Wildman–Crippen LogP) is 3.49. The van der Waals surface area contributed by atoms with Gasteiger partial charge in [0.05, 0.1) is 11.9 Å². The molecule has 0 radical (unpaired) electrons. The van der Waals surface area contributed by atoms with Crippen LogP contribution in [-0.2, 0) is 11.2 Å². The van der Waals surface area contributed by atoms with Crippen molar-refractivity contribution in [3.8, 4) is 0 Å². The van der Waals surface area contributed by atoms with Crippen molar-refractivity contribution in [3.63, 3.8) is 0 Å². The number of likely N-dealkylation sites (N-methyl/N-ethyl adjacent to an activating group) is 1. The first-order valence-corrected chi connectivity index (χ1v) is 9.10.